The monoisotopic (exact) mass is 445 g/mol. The van der Waals surface area contributed by atoms with Gasteiger partial charge in [-0.2, -0.15) is 19.7 Å². The normalized spacial score (nSPS) is 16.2. The molecule has 3 aromatic rings. The largest absolute Gasteiger partial charge is 0.337 e. The van der Waals surface area contributed by atoms with Crippen molar-refractivity contribution in [2.75, 3.05) is 19.3 Å². The van der Waals surface area contributed by atoms with E-state index in [-0.39, 0.29) is 22.1 Å². The second-order valence-electron chi connectivity index (χ2n) is 9.11. The van der Waals surface area contributed by atoms with Crippen LogP contribution in [0.4, 0.5) is 0 Å². The first-order valence-electron chi connectivity index (χ1n) is 10.2. The Morgan fingerprint density at radius 2 is 1.84 bits per heavy atom. The fourth-order valence-electron chi connectivity index (χ4n) is 3.99. The maximum absolute atomic E-state index is 13.1. The van der Waals surface area contributed by atoms with Gasteiger partial charge in [0.15, 0.2) is 9.84 Å². The van der Waals surface area contributed by atoms with Crippen LogP contribution in [0, 0.1) is 0 Å². The number of amides is 1. The van der Waals surface area contributed by atoms with Crippen molar-refractivity contribution in [3.05, 3.63) is 35.7 Å². The molecule has 0 radical (unpaired) electrons. The first-order chi connectivity index (χ1) is 14.5. The van der Waals surface area contributed by atoms with E-state index in [1.54, 1.807) is 16.6 Å². The highest BCUT2D eigenvalue weighted by molar-refractivity contribution is 7.90. The lowest BCUT2D eigenvalue weighted by molar-refractivity contribution is 0.0699. The van der Waals surface area contributed by atoms with Gasteiger partial charge < -0.3 is 4.90 Å². The Morgan fingerprint density at radius 3 is 2.42 bits per heavy atom. The molecule has 166 valence electrons. The van der Waals surface area contributed by atoms with E-state index in [0.29, 0.717) is 43.1 Å². The molecule has 0 atom stereocenters. The van der Waals surface area contributed by atoms with Crippen molar-refractivity contribution in [2.45, 2.75) is 49.8 Å². The standard InChI is InChI=1S/C20H27N7O3S/c1-20(2,3)16-10-14(25(4)24-16)18(28)26-8-6-13(7-9-26)17-15(31(5,29)30)11-21-19-22-12-23-27(17)19/h10-13H,6-9H2,1-5H3. The third kappa shape index (κ3) is 3.93. The van der Waals surface area contributed by atoms with Crippen molar-refractivity contribution in [1.82, 2.24) is 34.3 Å². The topological polar surface area (TPSA) is 115 Å². The van der Waals surface area contributed by atoms with Gasteiger partial charge in [0.05, 0.1) is 17.6 Å². The molecule has 0 saturated carbocycles. The van der Waals surface area contributed by atoms with Crippen LogP contribution in [-0.2, 0) is 22.3 Å². The highest BCUT2D eigenvalue weighted by Crippen LogP contribution is 2.33. The van der Waals surface area contributed by atoms with Crippen LogP contribution in [0.25, 0.3) is 5.78 Å². The number of aryl methyl sites for hydroxylation is 1. The Kier molecular flexibility index (Phi) is 5.11. The Labute approximate surface area is 181 Å². The summed E-state index contributed by atoms with van der Waals surface area (Å²) in [6.45, 7) is 7.22. The highest BCUT2D eigenvalue weighted by Gasteiger charge is 2.32. The van der Waals surface area contributed by atoms with Crippen LogP contribution in [-0.4, -0.2) is 67.9 Å². The van der Waals surface area contributed by atoms with E-state index in [1.807, 2.05) is 6.07 Å². The van der Waals surface area contributed by atoms with Crippen molar-refractivity contribution < 1.29 is 13.2 Å². The lowest BCUT2D eigenvalue weighted by Crippen LogP contribution is -2.39. The van der Waals surface area contributed by atoms with Gasteiger partial charge in [-0.25, -0.2) is 13.4 Å². The van der Waals surface area contributed by atoms with Gasteiger partial charge in [0.2, 0.25) is 0 Å². The lowest BCUT2D eigenvalue weighted by Gasteiger charge is -2.32. The van der Waals surface area contributed by atoms with Gasteiger partial charge in [0.1, 0.15) is 16.9 Å². The van der Waals surface area contributed by atoms with Crippen LogP contribution in [0.15, 0.2) is 23.5 Å². The van der Waals surface area contributed by atoms with Crippen molar-refractivity contribution in [2.24, 2.45) is 7.05 Å². The van der Waals surface area contributed by atoms with Crippen LogP contribution in [0.5, 0.6) is 0 Å². The summed E-state index contributed by atoms with van der Waals surface area (Å²) < 4.78 is 27.9. The third-order valence-electron chi connectivity index (χ3n) is 5.74. The number of likely N-dealkylation sites (tertiary alicyclic amines) is 1. The fraction of sp³-hybridized carbons (Fsp3) is 0.550. The molecule has 1 aliphatic rings. The molecule has 1 aliphatic heterocycles. The van der Waals surface area contributed by atoms with Gasteiger partial charge in [0, 0.05) is 37.7 Å². The summed E-state index contributed by atoms with van der Waals surface area (Å²) in [5.41, 5.74) is 1.88. The summed E-state index contributed by atoms with van der Waals surface area (Å²) >= 11 is 0. The second kappa shape index (κ2) is 7.40. The maximum Gasteiger partial charge on any atom is 0.272 e. The SMILES string of the molecule is Cn1nc(C(C)(C)C)cc1C(=O)N1CCC(c2c(S(C)(=O)=O)cnc3ncnn23)CC1. The number of aromatic nitrogens is 6. The van der Waals surface area contributed by atoms with Gasteiger partial charge in [-0.1, -0.05) is 20.8 Å². The summed E-state index contributed by atoms with van der Waals surface area (Å²) in [6, 6.07) is 1.86. The lowest BCUT2D eigenvalue weighted by atomic mass is 9.91. The summed E-state index contributed by atoms with van der Waals surface area (Å²) in [4.78, 5) is 23.3. The average molecular weight is 446 g/mol. The minimum Gasteiger partial charge on any atom is -0.337 e. The zero-order valence-electron chi connectivity index (χ0n) is 18.4. The number of sulfone groups is 1. The number of rotatable bonds is 3. The first kappa shape index (κ1) is 21.4. The van der Waals surface area contributed by atoms with Crippen molar-refractivity contribution >= 4 is 21.5 Å². The zero-order valence-corrected chi connectivity index (χ0v) is 19.2. The van der Waals surface area contributed by atoms with Crippen LogP contribution in [0.3, 0.4) is 0 Å². The number of fused-ring (bicyclic) bond motifs is 1. The molecule has 31 heavy (non-hydrogen) atoms. The molecule has 3 aromatic heterocycles. The molecule has 0 bridgehead atoms. The molecule has 4 rings (SSSR count). The Bertz CT molecular complexity index is 1250. The smallest absolute Gasteiger partial charge is 0.272 e. The molecule has 0 unspecified atom stereocenters. The van der Waals surface area contributed by atoms with Gasteiger partial charge >= 0.3 is 0 Å². The van der Waals surface area contributed by atoms with E-state index in [4.69, 9.17) is 0 Å². The van der Waals surface area contributed by atoms with E-state index < -0.39 is 9.84 Å². The summed E-state index contributed by atoms with van der Waals surface area (Å²) in [5, 5.41) is 8.70. The molecule has 11 heteroatoms. The molecule has 1 amide bonds. The fourth-order valence-corrected chi connectivity index (χ4v) is 4.87. The minimum atomic E-state index is -3.49. The first-order valence-corrected chi connectivity index (χ1v) is 12.1. The Morgan fingerprint density at radius 1 is 1.16 bits per heavy atom. The zero-order chi connectivity index (χ0) is 22.6. The number of carbonyl (C=O) groups is 1. The van der Waals surface area contributed by atoms with E-state index in [1.165, 1.54) is 23.3 Å². The molecule has 0 N–H and O–H groups in total. The molecule has 0 aromatic carbocycles. The molecule has 4 heterocycles. The van der Waals surface area contributed by atoms with E-state index in [0.717, 1.165) is 5.69 Å². The summed E-state index contributed by atoms with van der Waals surface area (Å²) in [5.74, 6) is 0.232. The van der Waals surface area contributed by atoms with Crippen molar-refractivity contribution in [3.8, 4) is 0 Å². The van der Waals surface area contributed by atoms with E-state index >= 15 is 0 Å². The van der Waals surface area contributed by atoms with E-state index in [9.17, 15) is 13.2 Å². The predicted octanol–water partition coefficient (Wildman–Crippen LogP) is 1.58. The maximum atomic E-state index is 13.1. The minimum absolute atomic E-state index is 0.0621. The molecule has 1 saturated heterocycles. The van der Waals surface area contributed by atoms with E-state index in [2.05, 4.69) is 40.9 Å². The molecule has 10 nitrogen and oxygen atoms in total. The van der Waals surface area contributed by atoms with Gasteiger partial charge in [-0.05, 0) is 18.9 Å². The Balaban J connectivity index is 1.58. The number of carbonyl (C=O) groups excluding carboxylic acids is 1. The number of nitrogens with zero attached hydrogens (tertiary/aromatic N) is 7. The molecule has 0 spiro atoms. The molecule has 1 fully saturated rings. The van der Waals surface area contributed by atoms with Gasteiger partial charge in [-0.3, -0.25) is 9.48 Å². The molecular weight excluding hydrogens is 418 g/mol. The summed E-state index contributed by atoms with van der Waals surface area (Å²) in [7, 11) is -1.70. The van der Waals surface area contributed by atoms with Gasteiger partial charge in [-0.15, -0.1) is 0 Å². The quantitative estimate of drug-likeness (QED) is 0.601. The van der Waals surface area contributed by atoms with Crippen molar-refractivity contribution in [3.63, 3.8) is 0 Å². The van der Waals surface area contributed by atoms with Gasteiger partial charge in [0.25, 0.3) is 11.7 Å². The van der Waals surface area contributed by atoms with Crippen LogP contribution < -0.4 is 0 Å². The van der Waals surface area contributed by atoms with Crippen LogP contribution >= 0.6 is 0 Å². The second-order valence-corrected chi connectivity index (χ2v) is 11.1. The van der Waals surface area contributed by atoms with Crippen LogP contribution in [0.2, 0.25) is 0 Å². The average Bonchev–Trinajstić information content (AvgIpc) is 3.32. The highest BCUT2D eigenvalue weighted by atomic mass is 32.2. The molecular formula is C20H27N7O3S. The van der Waals surface area contributed by atoms with Crippen molar-refractivity contribution in [1.29, 1.82) is 0 Å². The summed E-state index contributed by atoms with van der Waals surface area (Å²) in [6.07, 6.45) is 5.14. The number of hydrogen-bond donors (Lipinski definition) is 0. The molecule has 0 aliphatic carbocycles. The third-order valence-corrected chi connectivity index (χ3v) is 6.86. The number of piperidine rings is 1. The van der Waals surface area contributed by atoms with Crippen LogP contribution in [0.1, 0.15) is 61.4 Å². The number of hydrogen-bond acceptors (Lipinski definition) is 7. The predicted molar refractivity (Wildman–Crippen MR) is 114 cm³/mol. The Hall–Kier alpha value is -2.82.